The molecule has 4 aromatic heterocycles. The number of alkyl halides is 6. The summed E-state index contributed by atoms with van der Waals surface area (Å²) >= 11 is 0. The summed E-state index contributed by atoms with van der Waals surface area (Å²) in [6.07, 6.45) is -7.83. The molecule has 0 bridgehead atoms. The Kier molecular flexibility index (Phi) is 7.08. The van der Waals surface area contributed by atoms with Crippen LogP contribution in [-0.4, -0.2) is 60.6 Å². The second-order valence-corrected chi connectivity index (χ2v) is 8.68. The summed E-state index contributed by atoms with van der Waals surface area (Å²) in [4.78, 5) is 28.9. The Morgan fingerprint density at radius 3 is 2.33 bits per heavy atom. The zero-order valence-electron chi connectivity index (χ0n) is 20.7. The van der Waals surface area contributed by atoms with E-state index in [-0.39, 0.29) is 34.8 Å². The molecule has 0 aromatic carbocycles. The molecule has 40 heavy (non-hydrogen) atoms. The van der Waals surface area contributed by atoms with Crippen molar-refractivity contribution in [2.24, 2.45) is 5.73 Å². The van der Waals surface area contributed by atoms with E-state index in [0.717, 1.165) is 28.3 Å². The van der Waals surface area contributed by atoms with Gasteiger partial charge in [-0.05, 0) is 30.2 Å². The molecule has 0 radical (unpaired) electrons. The van der Waals surface area contributed by atoms with Gasteiger partial charge in [0.15, 0.2) is 0 Å². The fourth-order valence-corrected chi connectivity index (χ4v) is 4.21. The smallest absolute Gasteiger partial charge is 0.454 e. The van der Waals surface area contributed by atoms with Gasteiger partial charge in [-0.15, -0.1) is 5.10 Å². The largest absolute Gasteiger partial charge is 0.481 e. The Labute approximate surface area is 221 Å². The molecule has 0 aliphatic heterocycles. The molecule has 4 aromatic rings. The van der Waals surface area contributed by atoms with Crippen LogP contribution in [0.4, 0.5) is 26.3 Å². The maximum Gasteiger partial charge on any atom is 0.454 e. The van der Waals surface area contributed by atoms with Crippen molar-refractivity contribution in [2.75, 3.05) is 7.11 Å². The molecular weight excluding hydrogens is 550 g/mol. The lowest BCUT2D eigenvalue weighted by atomic mass is 9.96. The Bertz CT molecular complexity index is 1590. The van der Waals surface area contributed by atoms with Gasteiger partial charge in [0.25, 0.3) is 11.7 Å². The van der Waals surface area contributed by atoms with Crippen molar-refractivity contribution in [3.05, 3.63) is 65.2 Å². The standard InChI is InChI=1S/C24H20F6N6O4/c1-3-22(39,24(28,29)30)15-11-35(34-33-15)10-12-6-7-36-14(8-12)17(20(37)23(25,26)27)18(21(31)38)19(36)13-4-5-16(40-2)32-9-13/h4-9,11,39H,3,10H2,1-2H3,(H2,31,38). The minimum Gasteiger partial charge on any atom is -0.481 e. The van der Waals surface area contributed by atoms with Gasteiger partial charge in [-0.1, -0.05) is 12.1 Å². The molecule has 0 aliphatic rings. The van der Waals surface area contributed by atoms with Crippen LogP contribution in [0.3, 0.4) is 0 Å². The van der Waals surface area contributed by atoms with E-state index in [1.807, 2.05) is 0 Å². The van der Waals surface area contributed by atoms with Crippen LogP contribution >= 0.6 is 0 Å². The number of fused-ring (bicyclic) bond motifs is 1. The molecule has 1 amide bonds. The highest BCUT2D eigenvalue weighted by Gasteiger charge is 2.55. The van der Waals surface area contributed by atoms with Crippen molar-refractivity contribution in [2.45, 2.75) is 37.8 Å². The average molecular weight is 570 g/mol. The number of methoxy groups -OCH3 is 1. The van der Waals surface area contributed by atoms with E-state index in [9.17, 15) is 41.0 Å². The summed E-state index contributed by atoms with van der Waals surface area (Å²) in [5, 5.41) is 17.1. The number of aromatic nitrogens is 5. The molecule has 0 fully saturated rings. The van der Waals surface area contributed by atoms with Gasteiger partial charge in [-0.3, -0.25) is 9.59 Å². The van der Waals surface area contributed by atoms with Gasteiger partial charge >= 0.3 is 12.4 Å². The van der Waals surface area contributed by atoms with Crippen LogP contribution in [0.15, 0.2) is 42.9 Å². The number of aliphatic hydroxyl groups is 1. The molecule has 0 saturated heterocycles. The van der Waals surface area contributed by atoms with Crippen LogP contribution in [0.5, 0.6) is 5.88 Å². The summed E-state index contributed by atoms with van der Waals surface area (Å²) < 4.78 is 88.2. The van der Waals surface area contributed by atoms with Gasteiger partial charge in [-0.25, -0.2) is 9.67 Å². The number of pyridine rings is 2. The number of carbonyl (C=O) groups is 2. The molecule has 212 valence electrons. The maximum atomic E-state index is 13.6. The molecule has 1 unspecified atom stereocenters. The lowest BCUT2D eigenvalue weighted by Gasteiger charge is -2.26. The minimum absolute atomic E-state index is 0.141. The van der Waals surface area contributed by atoms with E-state index in [4.69, 9.17) is 10.5 Å². The van der Waals surface area contributed by atoms with Crippen LogP contribution in [0.1, 0.15) is 45.3 Å². The lowest BCUT2D eigenvalue weighted by molar-refractivity contribution is -0.269. The molecule has 0 spiro atoms. The quantitative estimate of drug-likeness (QED) is 0.244. The fraction of sp³-hybridized carbons (Fsp3) is 0.292. The number of ketones is 1. The van der Waals surface area contributed by atoms with Gasteiger partial charge in [0, 0.05) is 24.0 Å². The SMILES string of the molecule is CCC(O)(c1cn(Cc2ccn3c(-c4ccc(OC)nc4)c(C(N)=O)c(C(=O)C(F)(F)F)c3c2)nn1)C(F)(F)F. The first-order valence-corrected chi connectivity index (χ1v) is 11.4. The molecule has 3 N–H and O–H groups in total. The summed E-state index contributed by atoms with van der Waals surface area (Å²) in [5.41, 5.74) is -0.459. The summed E-state index contributed by atoms with van der Waals surface area (Å²) in [7, 11) is 1.34. The first kappa shape index (κ1) is 28.5. The van der Waals surface area contributed by atoms with E-state index in [1.54, 1.807) is 0 Å². The van der Waals surface area contributed by atoms with Crippen LogP contribution in [0.2, 0.25) is 0 Å². The Balaban J connectivity index is 1.89. The number of rotatable bonds is 8. The van der Waals surface area contributed by atoms with Gasteiger partial charge in [-0.2, -0.15) is 26.3 Å². The number of nitrogens with two attached hydrogens (primary N) is 1. The van der Waals surface area contributed by atoms with Gasteiger partial charge in [0.2, 0.25) is 11.5 Å². The van der Waals surface area contributed by atoms with E-state index in [2.05, 4.69) is 15.3 Å². The minimum atomic E-state index is -5.37. The van der Waals surface area contributed by atoms with Gasteiger partial charge in [0.05, 0.1) is 42.2 Å². The highest BCUT2D eigenvalue weighted by Crippen LogP contribution is 2.40. The maximum absolute atomic E-state index is 13.6. The van der Waals surface area contributed by atoms with E-state index in [0.29, 0.717) is 0 Å². The normalized spacial score (nSPS) is 13.8. The van der Waals surface area contributed by atoms with Crippen molar-refractivity contribution in [1.82, 2.24) is 24.4 Å². The van der Waals surface area contributed by atoms with Crippen molar-refractivity contribution >= 4 is 17.2 Å². The molecule has 16 heteroatoms. The second-order valence-electron chi connectivity index (χ2n) is 8.68. The highest BCUT2D eigenvalue weighted by molar-refractivity contribution is 6.17. The van der Waals surface area contributed by atoms with Crippen molar-refractivity contribution in [3.63, 3.8) is 0 Å². The van der Waals surface area contributed by atoms with Gasteiger partial charge < -0.3 is 20.0 Å². The van der Waals surface area contributed by atoms with E-state index in [1.165, 1.54) is 37.7 Å². The lowest BCUT2D eigenvalue weighted by Crippen LogP contribution is -2.42. The predicted octanol–water partition coefficient (Wildman–Crippen LogP) is 3.65. The second kappa shape index (κ2) is 9.93. The molecule has 10 nitrogen and oxygen atoms in total. The number of carbonyl (C=O) groups excluding carboxylic acids is 2. The summed E-state index contributed by atoms with van der Waals surface area (Å²) in [6, 6.07) is 5.32. The third-order valence-corrected chi connectivity index (χ3v) is 6.24. The van der Waals surface area contributed by atoms with Crippen LogP contribution in [-0.2, 0) is 12.1 Å². The van der Waals surface area contributed by atoms with Crippen molar-refractivity contribution in [3.8, 4) is 17.1 Å². The van der Waals surface area contributed by atoms with Crippen molar-refractivity contribution in [1.29, 1.82) is 0 Å². The number of halogens is 6. The fourth-order valence-electron chi connectivity index (χ4n) is 4.21. The topological polar surface area (TPSA) is 138 Å². The molecular formula is C24H20F6N6O4. The number of primary amides is 1. The number of ether oxygens (including phenoxy) is 1. The average Bonchev–Trinajstić information content (AvgIpc) is 3.49. The van der Waals surface area contributed by atoms with E-state index < -0.39 is 52.9 Å². The van der Waals surface area contributed by atoms with Crippen LogP contribution < -0.4 is 10.5 Å². The zero-order valence-corrected chi connectivity index (χ0v) is 20.7. The van der Waals surface area contributed by atoms with E-state index >= 15 is 0 Å². The first-order chi connectivity index (χ1) is 18.6. The molecule has 4 rings (SSSR count). The molecule has 0 aliphatic carbocycles. The Morgan fingerprint density at radius 1 is 1.10 bits per heavy atom. The molecule has 4 heterocycles. The van der Waals surface area contributed by atoms with Crippen molar-refractivity contribution < 1.29 is 45.8 Å². The number of hydrogen-bond acceptors (Lipinski definition) is 7. The number of Topliss-reactive ketones (excluding diaryl/α,β-unsaturated/α-hetero) is 1. The Morgan fingerprint density at radius 2 is 1.80 bits per heavy atom. The van der Waals surface area contributed by atoms with Gasteiger partial charge in [0.1, 0.15) is 5.69 Å². The molecule has 1 atom stereocenters. The van der Waals surface area contributed by atoms with Crippen LogP contribution in [0.25, 0.3) is 16.8 Å². The number of amides is 1. The summed E-state index contributed by atoms with van der Waals surface area (Å²) in [5.74, 6) is -3.47. The van der Waals surface area contributed by atoms with Crippen LogP contribution in [0, 0.1) is 0 Å². The zero-order chi connectivity index (χ0) is 29.6. The highest BCUT2D eigenvalue weighted by atomic mass is 19.4. The third kappa shape index (κ3) is 4.85. The monoisotopic (exact) mass is 570 g/mol. The predicted molar refractivity (Wildman–Crippen MR) is 125 cm³/mol. The Hall–Kier alpha value is -4.47. The summed E-state index contributed by atoms with van der Waals surface area (Å²) in [6.45, 7) is 0.801. The first-order valence-electron chi connectivity index (χ1n) is 11.4. The molecule has 0 saturated carbocycles. The third-order valence-electron chi connectivity index (χ3n) is 6.24. The number of nitrogens with zero attached hydrogens (tertiary/aromatic N) is 5. The number of hydrogen-bond donors (Lipinski definition) is 2.